The monoisotopic (exact) mass is 518 g/mol. The van der Waals surface area contributed by atoms with E-state index in [1.165, 1.54) is 35.4 Å². The molecule has 0 nitrogen and oxygen atoms in total. The summed E-state index contributed by atoms with van der Waals surface area (Å²) < 4.78 is 3.34. The van der Waals surface area contributed by atoms with E-state index in [9.17, 15) is 0 Å². The Kier molecular flexibility index (Phi) is 39.0. The first-order valence-electron chi connectivity index (χ1n) is 9.39. The molecule has 0 radical (unpaired) electrons. The van der Waals surface area contributed by atoms with Crippen LogP contribution in [-0.2, 0) is 24.2 Å². The molecule has 0 spiro atoms. The number of allylic oxidation sites excluding steroid dienone is 7. The van der Waals surface area contributed by atoms with Gasteiger partial charge < -0.3 is 0 Å². The third kappa shape index (κ3) is 26.7. The Bertz CT molecular complexity index is 552. The molecule has 164 valence electrons. The van der Waals surface area contributed by atoms with Gasteiger partial charge in [0.05, 0.1) is 0 Å². The Labute approximate surface area is 213 Å². The minimum Gasteiger partial charge on any atom is -0.184 e. The van der Waals surface area contributed by atoms with E-state index in [1.54, 1.807) is 6.08 Å². The van der Waals surface area contributed by atoms with Crippen LogP contribution in [0.3, 0.4) is 0 Å². The predicted octanol–water partition coefficient (Wildman–Crippen LogP) is 8.20. The maximum atomic E-state index is 5.38. The maximum Gasteiger partial charge on any atom is -0.171 e. The van der Waals surface area contributed by atoms with Gasteiger partial charge in [0.25, 0.3) is 0 Å². The van der Waals surface area contributed by atoms with Crippen LogP contribution in [0, 0.1) is 24.8 Å². The molecule has 1 aliphatic rings. The third-order valence-corrected chi connectivity index (χ3v) is 3.46. The van der Waals surface area contributed by atoms with E-state index in [4.69, 9.17) is 6.58 Å². The molecule has 0 aromatic heterocycles. The second-order valence-corrected chi connectivity index (χ2v) is 5.34. The zero-order valence-corrected chi connectivity index (χ0v) is 22.4. The van der Waals surface area contributed by atoms with Gasteiger partial charge in [0, 0.05) is 0 Å². The van der Waals surface area contributed by atoms with Crippen LogP contribution in [0.2, 0.25) is 0 Å². The van der Waals surface area contributed by atoms with E-state index in [0.717, 1.165) is 19.3 Å². The number of halogens is 2. The molecular formula is C27H34Cl2Zr-4. The fraction of sp³-hybridized carbons (Fsp3) is 0.222. The quantitative estimate of drug-likeness (QED) is 0.283. The summed E-state index contributed by atoms with van der Waals surface area (Å²) in [5.74, 6) is 0. The first-order valence-corrected chi connectivity index (χ1v) is 11.1. The zero-order chi connectivity index (χ0) is 21.3. The van der Waals surface area contributed by atoms with Crippen molar-refractivity contribution >= 4 is 29.0 Å². The Hall–Kier alpha value is -1.27. The summed E-state index contributed by atoms with van der Waals surface area (Å²) in [4.78, 5) is 0. The maximum absolute atomic E-state index is 5.38. The summed E-state index contributed by atoms with van der Waals surface area (Å²) in [7, 11) is 0. The van der Waals surface area contributed by atoms with Gasteiger partial charge >= 0.3 is 28.4 Å². The van der Waals surface area contributed by atoms with Crippen molar-refractivity contribution in [2.75, 3.05) is 0 Å². The van der Waals surface area contributed by atoms with Crippen LogP contribution < -0.4 is 0 Å². The van der Waals surface area contributed by atoms with E-state index >= 15 is 0 Å². The average molecular weight is 521 g/mol. The number of hydrogen-bond donors (Lipinski definition) is 0. The number of benzene rings is 2. The van der Waals surface area contributed by atoms with Crippen molar-refractivity contribution in [3.05, 3.63) is 121 Å². The van der Waals surface area contributed by atoms with Crippen molar-refractivity contribution < 1.29 is 24.2 Å². The van der Waals surface area contributed by atoms with Gasteiger partial charge in [0.2, 0.25) is 0 Å². The Morgan fingerprint density at radius 1 is 0.900 bits per heavy atom. The Balaban J connectivity index is -0.000000145. The molecular weight excluding hydrogens is 486 g/mol. The van der Waals surface area contributed by atoms with E-state index in [1.807, 2.05) is 72.8 Å². The van der Waals surface area contributed by atoms with Crippen LogP contribution in [0.15, 0.2) is 96.1 Å². The summed E-state index contributed by atoms with van der Waals surface area (Å²) in [5, 5.41) is 0. The topological polar surface area (TPSA) is 0 Å². The van der Waals surface area contributed by atoms with Crippen LogP contribution in [-0.4, -0.2) is 4.21 Å². The van der Waals surface area contributed by atoms with E-state index < -0.39 is 0 Å². The van der Waals surface area contributed by atoms with Crippen LogP contribution in [0.25, 0.3) is 0 Å². The molecule has 2 aromatic carbocycles. The minimum absolute atomic E-state index is 0. The molecule has 1 aliphatic carbocycles. The SMILES string of the molecule is Cl.Cl.[C-]1=CC=CC1.[CH-]=CC(CC)=C(C)CC.[CH2]=[Zr].[c-]1ccccc1.[c-]1ccccc1. The predicted molar refractivity (Wildman–Crippen MR) is 136 cm³/mol. The normalized spacial score (nSPS) is 10.1. The summed E-state index contributed by atoms with van der Waals surface area (Å²) in [6.07, 6.45) is 13.9. The molecule has 0 fully saturated rings. The Morgan fingerprint density at radius 3 is 1.47 bits per heavy atom. The molecule has 0 amide bonds. The van der Waals surface area contributed by atoms with E-state index in [2.05, 4.69) is 49.3 Å². The fourth-order valence-electron chi connectivity index (χ4n) is 1.81. The molecule has 3 heteroatoms. The van der Waals surface area contributed by atoms with Crippen LogP contribution >= 0.6 is 24.8 Å². The fourth-order valence-corrected chi connectivity index (χ4v) is 1.81. The summed E-state index contributed by atoms with van der Waals surface area (Å²) >= 11 is 1.30. The molecule has 3 rings (SSSR count). The van der Waals surface area contributed by atoms with Gasteiger partial charge in [-0.25, -0.2) is 18.2 Å². The largest absolute Gasteiger partial charge is 0.184 e. The van der Waals surface area contributed by atoms with Crippen molar-refractivity contribution in [3.8, 4) is 0 Å². The van der Waals surface area contributed by atoms with Crippen LogP contribution in [0.5, 0.6) is 0 Å². The second kappa shape index (κ2) is 32.4. The van der Waals surface area contributed by atoms with Gasteiger partial charge in [0.1, 0.15) is 0 Å². The summed E-state index contributed by atoms with van der Waals surface area (Å²) in [6.45, 7) is 11.8. The van der Waals surface area contributed by atoms with Gasteiger partial charge in [0.15, 0.2) is 0 Å². The molecule has 0 bridgehead atoms. The molecule has 0 aliphatic heterocycles. The molecule has 0 unspecified atom stereocenters. The van der Waals surface area contributed by atoms with Gasteiger partial charge in [-0.05, 0) is 0 Å². The van der Waals surface area contributed by atoms with Crippen molar-refractivity contribution in [1.29, 1.82) is 0 Å². The van der Waals surface area contributed by atoms with Gasteiger partial charge in [-0.3, -0.25) is 12.7 Å². The van der Waals surface area contributed by atoms with Crippen molar-refractivity contribution in [1.82, 2.24) is 0 Å². The van der Waals surface area contributed by atoms with Crippen molar-refractivity contribution in [2.45, 2.75) is 40.0 Å². The molecule has 0 atom stereocenters. The van der Waals surface area contributed by atoms with E-state index in [-0.39, 0.29) is 24.8 Å². The second-order valence-electron chi connectivity index (χ2n) is 5.34. The third-order valence-electron chi connectivity index (χ3n) is 3.46. The molecule has 0 saturated heterocycles. The van der Waals surface area contributed by atoms with Crippen LogP contribution in [0.4, 0.5) is 0 Å². The average Bonchev–Trinajstić information content (AvgIpc) is 3.39. The van der Waals surface area contributed by atoms with Gasteiger partial charge in [-0.1, -0.05) is 33.6 Å². The molecule has 0 N–H and O–H groups in total. The van der Waals surface area contributed by atoms with Crippen molar-refractivity contribution in [2.24, 2.45) is 0 Å². The first kappa shape index (κ1) is 36.1. The molecule has 0 heterocycles. The first-order chi connectivity index (χ1) is 13.8. The molecule has 2 aromatic rings. The van der Waals surface area contributed by atoms with Gasteiger partial charge in [-0.2, -0.15) is 90.0 Å². The number of rotatable bonds is 3. The Morgan fingerprint density at radius 2 is 1.37 bits per heavy atom. The molecule has 30 heavy (non-hydrogen) atoms. The van der Waals surface area contributed by atoms with Crippen molar-refractivity contribution in [3.63, 3.8) is 0 Å². The number of hydrogen-bond acceptors (Lipinski definition) is 0. The van der Waals surface area contributed by atoms with Gasteiger partial charge in [-0.15, -0.1) is 31.2 Å². The smallest absolute Gasteiger partial charge is 0.171 e. The zero-order valence-electron chi connectivity index (χ0n) is 18.3. The summed E-state index contributed by atoms with van der Waals surface area (Å²) in [5.41, 5.74) is 2.69. The minimum atomic E-state index is 0. The van der Waals surface area contributed by atoms with E-state index in [0.29, 0.717) is 0 Å². The summed E-state index contributed by atoms with van der Waals surface area (Å²) in [6, 6.07) is 25.0. The van der Waals surface area contributed by atoms with Crippen LogP contribution in [0.1, 0.15) is 40.0 Å². The standard InChI is InChI=1S/C9H15.2C6H5.C5H5.CH2.2ClH.Zr/c1-5-8(4)9(6-2)7-3;2*1-2-4-6-5-3-1;1-2-4-5-3-1;;;;/h2,6H,5,7H2,1,3-4H3;2*1-5H;1-3H,4H2;1H2;2*1H;/q4*-1;;;;. The molecule has 0 saturated carbocycles.